The van der Waals surface area contributed by atoms with Gasteiger partial charge in [0, 0.05) is 14.1 Å². The molecule has 0 spiro atoms. The van der Waals surface area contributed by atoms with E-state index in [9.17, 15) is 9.59 Å². The van der Waals surface area contributed by atoms with Gasteiger partial charge in [-0.25, -0.2) is 4.79 Å². The van der Waals surface area contributed by atoms with Crippen LogP contribution >= 0.6 is 11.6 Å². The van der Waals surface area contributed by atoms with Crippen molar-refractivity contribution in [3.05, 3.63) is 32.1 Å². The van der Waals surface area contributed by atoms with E-state index in [1.165, 1.54) is 11.6 Å². The molecule has 0 amide bonds. The molecule has 0 aliphatic heterocycles. The van der Waals surface area contributed by atoms with Gasteiger partial charge >= 0.3 is 5.69 Å². The topological polar surface area (TPSA) is 59.8 Å². The van der Waals surface area contributed by atoms with Crippen molar-refractivity contribution in [2.45, 2.75) is 0 Å². The van der Waals surface area contributed by atoms with Crippen molar-refractivity contribution in [1.29, 1.82) is 0 Å². The lowest BCUT2D eigenvalue weighted by molar-refractivity contribution is 0.713. The number of hydrogen-bond acceptors (Lipinski definition) is 2. The summed E-state index contributed by atoms with van der Waals surface area (Å²) in [6, 6.07) is 1.56. The van der Waals surface area contributed by atoms with Crippen LogP contribution in [0.5, 0.6) is 0 Å². The predicted octanol–water partition coefficient (Wildman–Crippen LogP) is 0.219. The number of aromatic amines is 1. The second-order valence-corrected chi connectivity index (χ2v) is 3.49. The first-order valence-corrected chi connectivity index (χ1v) is 4.34. The van der Waals surface area contributed by atoms with Crippen molar-refractivity contribution in [2.24, 2.45) is 14.1 Å². The number of fused-ring (bicyclic) bond motifs is 1. The molecular weight excluding hydrogens is 206 g/mol. The molecule has 2 aromatic rings. The van der Waals surface area contributed by atoms with Crippen molar-refractivity contribution in [3.8, 4) is 0 Å². The van der Waals surface area contributed by atoms with Crippen molar-refractivity contribution in [2.75, 3.05) is 0 Å². The molecule has 74 valence electrons. The van der Waals surface area contributed by atoms with Crippen molar-refractivity contribution in [3.63, 3.8) is 0 Å². The van der Waals surface area contributed by atoms with Crippen molar-refractivity contribution < 1.29 is 0 Å². The molecule has 0 bridgehead atoms. The molecule has 0 aliphatic rings. The van der Waals surface area contributed by atoms with E-state index in [4.69, 9.17) is 11.6 Å². The van der Waals surface area contributed by atoms with Crippen LogP contribution in [0.15, 0.2) is 15.7 Å². The van der Waals surface area contributed by atoms with Gasteiger partial charge < -0.3 is 4.98 Å². The number of hydrogen-bond donors (Lipinski definition) is 1. The van der Waals surface area contributed by atoms with Gasteiger partial charge in [0.15, 0.2) is 0 Å². The monoisotopic (exact) mass is 213 g/mol. The summed E-state index contributed by atoms with van der Waals surface area (Å²) in [5.41, 5.74) is 0.135. The van der Waals surface area contributed by atoms with Crippen LogP contribution in [-0.2, 0) is 14.1 Å². The maximum atomic E-state index is 11.6. The third kappa shape index (κ3) is 1.02. The van der Waals surface area contributed by atoms with Gasteiger partial charge in [0.2, 0.25) is 0 Å². The zero-order chi connectivity index (χ0) is 10.5. The molecule has 0 atom stereocenters. The minimum absolute atomic E-state index is 0.346. The second-order valence-electron chi connectivity index (χ2n) is 3.08. The number of nitrogens with zero attached hydrogens (tertiary/aromatic N) is 2. The zero-order valence-electron chi connectivity index (χ0n) is 7.67. The fourth-order valence-corrected chi connectivity index (χ4v) is 1.62. The van der Waals surface area contributed by atoms with Crippen LogP contribution in [0.1, 0.15) is 0 Å². The number of rotatable bonds is 0. The third-order valence-electron chi connectivity index (χ3n) is 2.22. The lowest BCUT2D eigenvalue weighted by atomic mass is 10.4. The summed E-state index contributed by atoms with van der Waals surface area (Å²) in [6.45, 7) is 0. The highest BCUT2D eigenvalue weighted by molar-refractivity contribution is 6.30. The Bertz CT molecular complexity index is 620. The highest BCUT2D eigenvalue weighted by atomic mass is 35.5. The molecule has 0 aliphatic carbocycles. The molecule has 5 nitrogen and oxygen atoms in total. The molecule has 2 heterocycles. The first-order valence-electron chi connectivity index (χ1n) is 3.96. The molecular formula is C8H8ClN3O2. The quantitative estimate of drug-likeness (QED) is 0.681. The Hall–Kier alpha value is -1.49. The van der Waals surface area contributed by atoms with Gasteiger partial charge in [-0.15, -0.1) is 0 Å². The summed E-state index contributed by atoms with van der Waals surface area (Å²) in [7, 11) is 3.02. The van der Waals surface area contributed by atoms with E-state index < -0.39 is 0 Å². The minimum atomic E-state index is -0.366. The third-order valence-corrected chi connectivity index (χ3v) is 2.42. The number of H-pyrrole nitrogens is 1. The normalized spacial score (nSPS) is 11.1. The molecule has 0 fully saturated rings. The first kappa shape index (κ1) is 9.08. The number of aryl methyl sites for hydroxylation is 1. The molecule has 2 rings (SSSR count). The van der Waals surface area contributed by atoms with E-state index in [2.05, 4.69) is 4.98 Å². The van der Waals surface area contributed by atoms with Crippen molar-refractivity contribution in [1.82, 2.24) is 14.1 Å². The Labute approximate surface area is 83.5 Å². The van der Waals surface area contributed by atoms with E-state index in [1.54, 1.807) is 13.1 Å². The van der Waals surface area contributed by atoms with Crippen LogP contribution in [-0.4, -0.2) is 14.1 Å². The van der Waals surface area contributed by atoms with E-state index in [1.807, 2.05) is 0 Å². The molecule has 0 saturated carbocycles. The summed E-state index contributed by atoms with van der Waals surface area (Å²) in [4.78, 5) is 25.8. The van der Waals surface area contributed by atoms with Gasteiger partial charge in [0.05, 0.1) is 5.52 Å². The van der Waals surface area contributed by atoms with Gasteiger partial charge in [-0.3, -0.25) is 13.9 Å². The first-order chi connectivity index (χ1) is 6.52. The molecule has 0 saturated heterocycles. The van der Waals surface area contributed by atoms with Crippen LogP contribution < -0.4 is 11.2 Å². The number of aromatic nitrogens is 3. The van der Waals surface area contributed by atoms with Gasteiger partial charge in [-0.1, -0.05) is 11.6 Å². The molecule has 2 aromatic heterocycles. The molecule has 6 heteroatoms. The van der Waals surface area contributed by atoms with Gasteiger partial charge in [0.1, 0.15) is 10.7 Å². The minimum Gasteiger partial charge on any atom is -0.340 e. The predicted molar refractivity (Wildman–Crippen MR) is 53.8 cm³/mol. The van der Waals surface area contributed by atoms with E-state index >= 15 is 0 Å². The standard InChI is InChI=1S/C8H8ClN3O2/c1-11-4-3-5(9)10-6(4)7(13)12(2)8(11)14/h3,10H,1-2H3. The Morgan fingerprint density at radius 1 is 1.29 bits per heavy atom. The van der Waals surface area contributed by atoms with Crippen LogP contribution in [0.2, 0.25) is 5.15 Å². The van der Waals surface area contributed by atoms with Crippen molar-refractivity contribution >= 4 is 22.6 Å². The zero-order valence-corrected chi connectivity index (χ0v) is 8.42. The van der Waals surface area contributed by atoms with E-state index in [0.29, 0.717) is 16.2 Å². The van der Waals surface area contributed by atoms with Crippen LogP contribution in [0.3, 0.4) is 0 Å². The summed E-state index contributed by atoms with van der Waals surface area (Å²) < 4.78 is 2.41. The summed E-state index contributed by atoms with van der Waals surface area (Å²) in [6.07, 6.45) is 0. The average molecular weight is 214 g/mol. The fourth-order valence-electron chi connectivity index (χ4n) is 1.42. The molecule has 14 heavy (non-hydrogen) atoms. The smallest absolute Gasteiger partial charge is 0.331 e. The maximum absolute atomic E-state index is 11.6. The Balaban J connectivity index is 3.17. The highest BCUT2D eigenvalue weighted by Crippen LogP contribution is 2.13. The van der Waals surface area contributed by atoms with E-state index in [0.717, 1.165) is 4.57 Å². The van der Waals surface area contributed by atoms with Gasteiger partial charge in [-0.2, -0.15) is 0 Å². The lowest BCUT2D eigenvalue weighted by Gasteiger charge is -2.02. The largest absolute Gasteiger partial charge is 0.340 e. The maximum Gasteiger partial charge on any atom is 0.331 e. The lowest BCUT2D eigenvalue weighted by Crippen LogP contribution is -2.36. The molecule has 1 N–H and O–H groups in total. The summed E-state index contributed by atoms with van der Waals surface area (Å²) >= 11 is 5.71. The second kappa shape index (κ2) is 2.75. The average Bonchev–Trinajstić information content (AvgIpc) is 2.54. The Morgan fingerprint density at radius 2 is 1.93 bits per heavy atom. The molecule has 0 radical (unpaired) electrons. The highest BCUT2D eigenvalue weighted by Gasteiger charge is 2.10. The SMILES string of the molecule is Cn1c(=O)c2[nH]c(Cl)cc2n(C)c1=O. The van der Waals surface area contributed by atoms with Crippen LogP contribution in [0, 0.1) is 0 Å². The van der Waals surface area contributed by atoms with Crippen LogP contribution in [0.25, 0.3) is 11.0 Å². The number of nitrogens with one attached hydrogen (secondary N) is 1. The molecule has 0 unspecified atom stereocenters. The fraction of sp³-hybridized carbons (Fsp3) is 0.250. The number of halogens is 1. The summed E-state index contributed by atoms with van der Waals surface area (Å²) in [5, 5.41) is 0.346. The van der Waals surface area contributed by atoms with Gasteiger partial charge in [-0.05, 0) is 6.07 Å². The molecule has 0 aromatic carbocycles. The van der Waals surface area contributed by atoms with E-state index in [-0.39, 0.29) is 11.2 Å². The Kier molecular flexibility index (Phi) is 1.78. The Morgan fingerprint density at radius 3 is 2.57 bits per heavy atom. The van der Waals surface area contributed by atoms with Gasteiger partial charge in [0.25, 0.3) is 5.56 Å². The van der Waals surface area contributed by atoms with Crippen LogP contribution in [0.4, 0.5) is 0 Å². The summed E-state index contributed by atoms with van der Waals surface area (Å²) in [5.74, 6) is 0.